The SMILES string of the molecule is CCCCCCOc1cccc(NCCN(CCC)CCC)c1. The minimum absolute atomic E-state index is 0.824. The summed E-state index contributed by atoms with van der Waals surface area (Å²) in [4.78, 5) is 2.53. The van der Waals surface area contributed by atoms with E-state index in [1.165, 1.54) is 45.2 Å². The van der Waals surface area contributed by atoms with E-state index in [0.717, 1.165) is 37.6 Å². The summed E-state index contributed by atoms with van der Waals surface area (Å²) in [5, 5.41) is 3.52. The van der Waals surface area contributed by atoms with Crippen LogP contribution in [-0.4, -0.2) is 37.7 Å². The third-order valence-corrected chi connectivity index (χ3v) is 3.94. The van der Waals surface area contributed by atoms with Crippen molar-refractivity contribution in [2.45, 2.75) is 59.3 Å². The van der Waals surface area contributed by atoms with E-state index in [1.54, 1.807) is 0 Å². The molecule has 23 heavy (non-hydrogen) atoms. The molecule has 0 aliphatic rings. The van der Waals surface area contributed by atoms with Gasteiger partial charge in [0.2, 0.25) is 0 Å². The molecular formula is C20H36N2O. The Morgan fingerprint density at radius 3 is 2.39 bits per heavy atom. The van der Waals surface area contributed by atoms with E-state index in [9.17, 15) is 0 Å². The smallest absolute Gasteiger partial charge is 0.121 e. The second kappa shape index (κ2) is 13.2. The van der Waals surface area contributed by atoms with Gasteiger partial charge in [0.1, 0.15) is 5.75 Å². The first-order chi connectivity index (χ1) is 11.3. The van der Waals surface area contributed by atoms with Gasteiger partial charge in [0.25, 0.3) is 0 Å². The minimum atomic E-state index is 0.824. The average molecular weight is 321 g/mol. The van der Waals surface area contributed by atoms with Crippen molar-refractivity contribution in [3.05, 3.63) is 24.3 Å². The molecule has 0 unspecified atom stereocenters. The number of rotatable bonds is 14. The van der Waals surface area contributed by atoms with Gasteiger partial charge in [-0.15, -0.1) is 0 Å². The van der Waals surface area contributed by atoms with Gasteiger partial charge in [0, 0.05) is 24.8 Å². The summed E-state index contributed by atoms with van der Waals surface area (Å²) in [7, 11) is 0. The normalized spacial score (nSPS) is 11.0. The highest BCUT2D eigenvalue weighted by Gasteiger charge is 2.02. The Morgan fingerprint density at radius 2 is 1.70 bits per heavy atom. The van der Waals surface area contributed by atoms with Crippen LogP contribution in [0.25, 0.3) is 0 Å². The fourth-order valence-corrected chi connectivity index (χ4v) is 2.74. The first kappa shape index (κ1) is 19.8. The highest BCUT2D eigenvalue weighted by molar-refractivity contribution is 5.48. The summed E-state index contributed by atoms with van der Waals surface area (Å²) >= 11 is 0. The van der Waals surface area contributed by atoms with Crippen molar-refractivity contribution in [1.82, 2.24) is 4.90 Å². The fourth-order valence-electron chi connectivity index (χ4n) is 2.74. The molecular weight excluding hydrogens is 284 g/mol. The van der Waals surface area contributed by atoms with Crippen LogP contribution in [0.4, 0.5) is 5.69 Å². The molecule has 0 heterocycles. The van der Waals surface area contributed by atoms with Crippen LogP contribution >= 0.6 is 0 Å². The Morgan fingerprint density at radius 1 is 0.913 bits per heavy atom. The van der Waals surface area contributed by atoms with Gasteiger partial charge >= 0.3 is 0 Å². The highest BCUT2D eigenvalue weighted by atomic mass is 16.5. The number of anilines is 1. The molecule has 0 aromatic heterocycles. The molecule has 1 aromatic carbocycles. The van der Waals surface area contributed by atoms with Crippen LogP contribution < -0.4 is 10.1 Å². The topological polar surface area (TPSA) is 24.5 Å². The van der Waals surface area contributed by atoms with Crippen molar-refractivity contribution in [1.29, 1.82) is 0 Å². The first-order valence-electron chi connectivity index (χ1n) is 9.49. The van der Waals surface area contributed by atoms with Gasteiger partial charge in [-0.05, 0) is 44.5 Å². The summed E-state index contributed by atoms with van der Waals surface area (Å²) in [5.41, 5.74) is 1.16. The third kappa shape index (κ3) is 9.50. The number of nitrogens with one attached hydrogen (secondary N) is 1. The molecule has 0 fully saturated rings. The van der Waals surface area contributed by atoms with Crippen molar-refractivity contribution >= 4 is 5.69 Å². The zero-order valence-corrected chi connectivity index (χ0v) is 15.4. The number of benzene rings is 1. The maximum atomic E-state index is 5.85. The van der Waals surface area contributed by atoms with Crippen LogP contribution in [0.1, 0.15) is 59.3 Å². The van der Waals surface area contributed by atoms with Crippen LogP contribution in [0.15, 0.2) is 24.3 Å². The van der Waals surface area contributed by atoms with Crippen LogP contribution in [0, 0.1) is 0 Å². The van der Waals surface area contributed by atoms with Gasteiger partial charge in [-0.1, -0.05) is 46.1 Å². The number of nitrogens with zero attached hydrogens (tertiary/aromatic N) is 1. The molecule has 0 aliphatic heterocycles. The maximum absolute atomic E-state index is 5.85. The van der Waals surface area contributed by atoms with E-state index in [0.29, 0.717) is 0 Å². The van der Waals surface area contributed by atoms with Gasteiger partial charge in [0.15, 0.2) is 0 Å². The predicted molar refractivity (Wildman–Crippen MR) is 102 cm³/mol. The molecule has 0 radical (unpaired) electrons. The molecule has 3 heteroatoms. The Balaban J connectivity index is 2.29. The van der Waals surface area contributed by atoms with E-state index in [-0.39, 0.29) is 0 Å². The third-order valence-electron chi connectivity index (χ3n) is 3.94. The standard InChI is InChI=1S/C20H36N2O/c1-4-7-8-9-17-23-20-12-10-11-19(18-20)21-13-16-22(14-5-2)15-6-3/h10-12,18,21H,4-9,13-17H2,1-3H3. The lowest BCUT2D eigenvalue weighted by atomic mass is 10.2. The molecule has 132 valence electrons. The van der Waals surface area contributed by atoms with E-state index in [4.69, 9.17) is 4.74 Å². The zero-order chi connectivity index (χ0) is 16.8. The Kier molecular flexibility index (Phi) is 11.4. The van der Waals surface area contributed by atoms with Crippen LogP contribution in [0.3, 0.4) is 0 Å². The molecule has 0 spiro atoms. The van der Waals surface area contributed by atoms with E-state index in [1.807, 2.05) is 6.07 Å². The lowest BCUT2D eigenvalue weighted by Gasteiger charge is -2.21. The van der Waals surface area contributed by atoms with Gasteiger partial charge in [-0.25, -0.2) is 0 Å². The molecule has 0 amide bonds. The lowest BCUT2D eigenvalue weighted by Crippen LogP contribution is -2.30. The summed E-state index contributed by atoms with van der Waals surface area (Å²) in [6.07, 6.45) is 7.43. The number of ether oxygens (including phenoxy) is 1. The van der Waals surface area contributed by atoms with Gasteiger partial charge in [-0.2, -0.15) is 0 Å². The predicted octanol–water partition coefficient (Wildman–Crippen LogP) is 5.18. The molecule has 1 aromatic rings. The van der Waals surface area contributed by atoms with Crippen molar-refractivity contribution in [2.75, 3.05) is 38.1 Å². The molecule has 0 aliphatic carbocycles. The monoisotopic (exact) mass is 320 g/mol. The molecule has 0 bridgehead atoms. The van der Waals surface area contributed by atoms with Gasteiger partial charge < -0.3 is 15.0 Å². The number of hydrogen-bond acceptors (Lipinski definition) is 3. The van der Waals surface area contributed by atoms with Crippen LogP contribution in [0.2, 0.25) is 0 Å². The van der Waals surface area contributed by atoms with Crippen LogP contribution in [-0.2, 0) is 0 Å². The summed E-state index contributed by atoms with van der Waals surface area (Å²) in [6, 6.07) is 8.35. The summed E-state index contributed by atoms with van der Waals surface area (Å²) in [5.74, 6) is 0.977. The Bertz CT molecular complexity index is 389. The molecule has 0 atom stereocenters. The van der Waals surface area contributed by atoms with Crippen molar-refractivity contribution < 1.29 is 4.74 Å². The zero-order valence-electron chi connectivity index (χ0n) is 15.4. The number of unbranched alkanes of at least 4 members (excludes halogenated alkanes) is 3. The van der Waals surface area contributed by atoms with E-state index < -0.39 is 0 Å². The van der Waals surface area contributed by atoms with Crippen LogP contribution in [0.5, 0.6) is 5.75 Å². The first-order valence-corrected chi connectivity index (χ1v) is 9.49. The fraction of sp³-hybridized carbons (Fsp3) is 0.700. The van der Waals surface area contributed by atoms with Crippen molar-refractivity contribution in [3.8, 4) is 5.75 Å². The average Bonchev–Trinajstić information content (AvgIpc) is 2.55. The van der Waals surface area contributed by atoms with Gasteiger partial charge in [-0.3, -0.25) is 0 Å². The summed E-state index contributed by atoms with van der Waals surface area (Å²) < 4.78 is 5.85. The number of hydrogen-bond donors (Lipinski definition) is 1. The molecule has 0 saturated carbocycles. The lowest BCUT2D eigenvalue weighted by molar-refractivity contribution is 0.285. The molecule has 1 N–H and O–H groups in total. The molecule has 1 rings (SSSR count). The maximum Gasteiger partial charge on any atom is 0.121 e. The Labute approximate surface area is 143 Å². The molecule has 0 saturated heterocycles. The Hall–Kier alpha value is -1.22. The van der Waals surface area contributed by atoms with Crippen molar-refractivity contribution in [2.24, 2.45) is 0 Å². The van der Waals surface area contributed by atoms with Crippen molar-refractivity contribution in [3.63, 3.8) is 0 Å². The molecule has 3 nitrogen and oxygen atoms in total. The van der Waals surface area contributed by atoms with E-state index in [2.05, 4.69) is 49.2 Å². The van der Waals surface area contributed by atoms with E-state index >= 15 is 0 Å². The largest absolute Gasteiger partial charge is 0.494 e. The minimum Gasteiger partial charge on any atom is -0.494 e. The second-order valence-corrected chi connectivity index (χ2v) is 6.21. The second-order valence-electron chi connectivity index (χ2n) is 6.21. The quantitative estimate of drug-likeness (QED) is 0.478. The van der Waals surface area contributed by atoms with Gasteiger partial charge in [0.05, 0.1) is 6.61 Å². The summed E-state index contributed by atoms with van der Waals surface area (Å²) in [6.45, 7) is 12.0. The highest BCUT2D eigenvalue weighted by Crippen LogP contribution is 2.17.